The number of aliphatic hydroxyl groups excluding tert-OH is 1. The van der Waals surface area contributed by atoms with Gasteiger partial charge in [-0.05, 0) is 55.0 Å². The molecule has 1 aliphatic heterocycles. The van der Waals surface area contributed by atoms with Gasteiger partial charge in [0.2, 0.25) is 5.91 Å². The van der Waals surface area contributed by atoms with Crippen LogP contribution in [0.2, 0.25) is 0 Å². The molecule has 3 N–H and O–H groups in total. The Morgan fingerprint density at radius 3 is 2.36 bits per heavy atom. The van der Waals surface area contributed by atoms with Crippen molar-refractivity contribution in [2.45, 2.75) is 64.8 Å². The lowest BCUT2D eigenvalue weighted by atomic mass is 10.00. The van der Waals surface area contributed by atoms with Crippen LogP contribution in [0.5, 0.6) is 0 Å². The van der Waals surface area contributed by atoms with E-state index in [-0.39, 0.29) is 37.7 Å². The summed E-state index contributed by atoms with van der Waals surface area (Å²) in [6.07, 6.45) is 0.384. The Morgan fingerprint density at radius 1 is 1.03 bits per heavy atom. The van der Waals surface area contributed by atoms with E-state index < -0.39 is 41.5 Å². The molecule has 1 aliphatic rings. The van der Waals surface area contributed by atoms with Gasteiger partial charge in [-0.25, -0.2) is 8.78 Å². The SMILES string of the molecule is CCc1cccc(CNC[C@@H](O)[C@H](Cc2cc(F)cc(F)c2)NC(=O)CN2C[C@H](CC)N(CC)C(=O)C2=O)c1. The molecule has 8 nitrogen and oxygen atoms in total. The number of likely N-dealkylation sites (N-methyl/N-ethyl adjacent to an activating group) is 1. The third-order valence-electron chi connectivity index (χ3n) is 7.02. The molecule has 0 bridgehead atoms. The van der Waals surface area contributed by atoms with Gasteiger partial charge in [0.25, 0.3) is 0 Å². The summed E-state index contributed by atoms with van der Waals surface area (Å²) < 4.78 is 27.7. The number of hydrogen-bond donors (Lipinski definition) is 3. The first-order valence-corrected chi connectivity index (χ1v) is 13.5. The predicted octanol–water partition coefficient (Wildman–Crippen LogP) is 2.17. The summed E-state index contributed by atoms with van der Waals surface area (Å²) in [5.41, 5.74) is 2.49. The van der Waals surface area contributed by atoms with Crippen molar-refractivity contribution in [3.8, 4) is 0 Å². The van der Waals surface area contributed by atoms with E-state index in [2.05, 4.69) is 23.6 Å². The van der Waals surface area contributed by atoms with Gasteiger partial charge in [-0.3, -0.25) is 14.4 Å². The van der Waals surface area contributed by atoms with Gasteiger partial charge in [-0.2, -0.15) is 0 Å². The van der Waals surface area contributed by atoms with Crippen molar-refractivity contribution in [1.82, 2.24) is 20.4 Å². The Hall–Kier alpha value is -3.37. The summed E-state index contributed by atoms with van der Waals surface area (Å²) in [5, 5.41) is 16.9. The normalized spacial score (nSPS) is 17.3. The molecule has 39 heavy (non-hydrogen) atoms. The van der Waals surface area contributed by atoms with Crippen LogP contribution in [0.25, 0.3) is 0 Å². The second kappa shape index (κ2) is 14.1. The zero-order valence-corrected chi connectivity index (χ0v) is 22.8. The van der Waals surface area contributed by atoms with Crippen LogP contribution in [0, 0.1) is 11.6 Å². The minimum absolute atomic E-state index is 0.0390. The smallest absolute Gasteiger partial charge is 0.312 e. The predicted molar refractivity (Wildman–Crippen MR) is 144 cm³/mol. The van der Waals surface area contributed by atoms with E-state index in [1.807, 2.05) is 25.1 Å². The van der Waals surface area contributed by atoms with Crippen LogP contribution in [-0.2, 0) is 33.8 Å². The van der Waals surface area contributed by atoms with Crippen molar-refractivity contribution < 1.29 is 28.3 Å². The van der Waals surface area contributed by atoms with Gasteiger partial charge in [0, 0.05) is 38.3 Å². The van der Waals surface area contributed by atoms with Crippen molar-refractivity contribution >= 4 is 17.7 Å². The number of rotatable bonds is 13. The number of piperazine rings is 1. The van der Waals surface area contributed by atoms with Crippen molar-refractivity contribution in [3.05, 3.63) is 70.8 Å². The van der Waals surface area contributed by atoms with Gasteiger partial charge < -0.3 is 25.5 Å². The second-order valence-corrected chi connectivity index (χ2v) is 9.87. The summed E-state index contributed by atoms with van der Waals surface area (Å²) in [7, 11) is 0. The van der Waals surface area contributed by atoms with E-state index >= 15 is 0 Å². The quantitative estimate of drug-likeness (QED) is 0.336. The summed E-state index contributed by atoms with van der Waals surface area (Å²) in [6.45, 7) is 6.61. The third-order valence-corrected chi connectivity index (χ3v) is 7.02. The average molecular weight is 545 g/mol. The zero-order valence-electron chi connectivity index (χ0n) is 22.8. The molecule has 0 aliphatic carbocycles. The van der Waals surface area contributed by atoms with E-state index in [1.165, 1.54) is 15.4 Å². The molecule has 212 valence electrons. The maximum absolute atomic E-state index is 13.8. The van der Waals surface area contributed by atoms with E-state index in [0.29, 0.717) is 19.5 Å². The van der Waals surface area contributed by atoms with Crippen LogP contribution in [-0.4, -0.2) is 77.0 Å². The highest BCUT2D eigenvalue weighted by Gasteiger charge is 2.38. The Morgan fingerprint density at radius 2 is 1.72 bits per heavy atom. The number of carbonyl (C=O) groups is 3. The fourth-order valence-electron chi connectivity index (χ4n) is 4.91. The van der Waals surface area contributed by atoms with Crippen molar-refractivity contribution in [2.75, 3.05) is 26.2 Å². The Balaban J connectivity index is 1.69. The highest BCUT2D eigenvalue weighted by molar-refractivity contribution is 6.35. The molecule has 0 unspecified atom stereocenters. The van der Waals surface area contributed by atoms with Gasteiger partial charge >= 0.3 is 11.8 Å². The monoisotopic (exact) mass is 544 g/mol. The molecule has 0 aromatic heterocycles. The molecule has 3 rings (SSSR count). The van der Waals surface area contributed by atoms with E-state index in [9.17, 15) is 28.3 Å². The van der Waals surface area contributed by atoms with Crippen LogP contribution in [0.4, 0.5) is 8.78 Å². The first-order valence-electron chi connectivity index (χ1n) is 13.5. The van der Waals surface area contributed by atoms with Crippen molar-refractivity contribution in [2.24, 2.45) is 0 Å². The highest BCUT2D eigenvalue weighted by Crippen LogP contribution is 2.16. The van der Waals surface area contributed by atoms with Gasteiger partial charge in [0.1, 0.15) is 18.2 Å². The van der Waals surface area contributed by atoms with Crippen LogP contribution >= 0.6 is 0 Å². The molecular weight excluding hydrogens is 506 g/mol. The number of aliphatic hydroxyl groups is 1. The van der Waals surface area contributed by atoms with Crippen molar-refractivity contribution in [3.63, 3.8) is 0 Å². The van der Waals surface area contributed by atoms with Crippen LogP contribution in [0.3, 0.4) is 0 Å². The second-order valence-electron chi connectivity index (χ2n) is 9.87. The Bertz CT molecular complexity index is 1140. The van der Waals surface area contributed by atoms with E-state index in [1.54, 1.807) is 6.92 Å². The number of hydrogen-bond acceptors (Lipinski definition) is 5. The molecule has 3 atom stereocenters. The Kier molecular flexibility index (Phi) is 10.9. The molecule has 0 radical (unpaired) electrons. The molecular formula is C29H38F2N4O4. The lowest BCUT2D eigenvalue weighted by Gasteiger charge is -2.39. The summed E-state index contributed by atoms with van der Waals surface area (Å²) in [4.78, 5) is 40.8. The maximum atomic E-state index is 13.8. The van der Waals surface area contributed by atoms with Gasteiger partial charge in [0.15, 0.2) is 0 Å². The molecule has 1 fully saturated rings. The fourth-order valence-corrected chi connectivity index (χ4v) is 4.91. The molecule has 2 aromatic rings. The van der Waals surface area contributed by atoms with Gasteiger partial charge in [-0.1, -0.05) is 38.1 Å². The minimum atomic E-state index is -1.10. The summed E-state index contributed by atoms with van der Waals surface area (Å²) >= 11 is 0. The fraction of sp³-hybridized carbons (Fsp3) is 0.483. The van der Waals surface area contributed by atoms with Crippen LogP contribution in [0.1, 0.15) is 43.9 Å². The number of halogens is 2. The maximum Gasteiger partial charge on any atom is 0.312 e. The highest BCUT2D eigenvalue weighted by atomic mass is 19.1. The molecule has 3 amide bonds. The molecule has 0 saturated carbocycles. The number of amides is 3. The minimum Gasteiger partial charge on any atom is -0.390 e. The average Bonchev–Trinajstić information content (AvgIpc) is 2.90. The van der Waals surface area contributed by atoms with Gasteiger partial charge in [0.05, 0.1) is 12.1 Å². The van der Waals surface area contributed by atoms with E-state index in [4.69, 9.17) is 0 Å². The lowest BCUT2D eigenvalue weighted by Crippen LogP contribution is -2.61. The summed E-state index contributed by atoms with van der Waals surface area (Å²) in [5.74, 6) is -3.50. The first-order chi connectivity index (χ1) is 18.6. The van der Waals surface area contributed by atoms with Crippen LogP contribution in [0.15, 0.2) is 42.5 Å². The summed E-state index contributed by atoms with van der Waals surface area (Å²) in [6, 6.07) is 9.98. The third kappa shape index (κ3) is 8.31. The van der Waals surface area contributed by atoms with Crippen molar-refractivity contribution in [1.29, 1.82) is 0 Å². The Labute approximate surface area is 228 Å². The number of carbonyl (C=O) groups excluding carboxylic acids is 3. The van der Waals surface area contributed by atoms with Crippen LogP contribution < -0.4 is 10.6 Å². The largest absolute Gasteiger partial charge is 0.390 e. The molecule has 1 heterocycles. The lowest BCUT2D eigenvalue weighted by molar-refractivity contribution is -0.159. The zero-order chi connectivity index (χ0) is 28.5. The molecule has 1 saturated heterocycles. The standard InChI is InChI=1S/C29H38F2N4O4/c1-4-19-8-7-9-20(10-19)15-32-16-26(36)25(13-21-11-22(30)14-23(31)12-21)33-27(37)18-34-17-24(5-2)35(6-3)29(39)28(34)38/h7-12,14,24-26,32,36H,4-6,13,15-18H2,1-3H3,(H,33,37)/t24-,25-,26+/m0/s1. The molecule has 2 aromatic carbocycles. The topological polar surface area (TPSA) is 102 Å². The number of nitrogens with one attached hydrogen (secondary N) is 2. The number of aryl methyl sites for hydroxylation is 1. The molecule has 10 heteroatoms. The number of benzene rings is 2. The van der Waals surface area contributed by atoms with Gasteiger partial charge in [-0.15, -0.1) is 0 Å². The van der Waals surface area contributed by atoms with E-state index in [0.717, 1.165) is 30.2 Å². The molecule has 0 spiro atoms. The number of nitrogens with zero attached hydrogens (tertiary/aromatic N) is 2. The first kappa shape index (κ1) is 30.2.